The van der Waals surface area contributed by atoms with Crippen molar-refractivity contribution in [1.82, 2.24) is 10.0 Å². The summed E-state index contributed by atoms with van der Waals surface area (Å²) < 4.78 is 39.6. The number of hydrogen-bond donors (Lipinski definition) is 2. The standard InChI is InChI=1S/C11H13FN2O2S.ClH/c12-7-2-1-3-8(4-7)17(15,16)14-11-9-5-13-6-10(9)11;/h1-4,9-11,13-14H,5-6H2;1H. The minimum atomic E-state index is -3.58. The molecule has 1 aliphatic heterocycles. The molecule has 3 rings (SSSR count). The zero-order valence-electron chi connectivity index (χ0n) is 9.47. The van der Waals surface area contributed by atoms with Crippen molar-refractivity contribution in [1.29, 1.82) is 0 Å². The summed E-state index contributed by atoms with van der Waals surface area (Å²) in [5, 5.41) is 3.19. The average Bonchev–Trinajstić information content (AvgIpc) is 2.75. The summed E-state index contributed by atoms with van der Waals surface area (Å²) in [7, 11) is -3.58. The van der Waals surface area contributed by atoms with Gasteiger partial charge < -0.3 is 5.32 Å². The second-order valence-corrected chi connectivity index (χ2v) is 6.30. The maximum Gasteiger partial charge on any atom is 0.240 e. The topological polar surface area (TPSA) is 58.2 Å². The Kier molecular flexibility index (Phi) is 3.64. The van der Waals surface area contributed by atoms with Gasteiger partial charge >= 0.3 is 0 Å². The molecule has 2 aliphatic rings. The maximum atomic E-state index is 13.0. The maximum absolute atomic E-state index is 13.0. The highest BCUT2D eigenvalue weighted by atomic mass is 35.5. The molecule has 1 aliphatic carbocycles. The molecule has 0 bridgehead atoms. The van der Waals surface area contributed by atoms with Gasteiger partial charge in [0.25, 0.3) is 0 Å². The van der Waals surface area contributed by atoms with Crippen LogP contribution in [-0.4, -0.2) is 27.5 Å². The van der Waals surface area contributed by atoms with Crippen LogP contribution in [0.5, 0.6) is 0 Å². The van der Waals surface area contributed by atoms with E-state index in [0.717, 1.165) is 19.2 Å². The SMILES string of the molecule is Cl.O=S(=O)(NC1C2CNCC21)c1cccc(F)c1. The molecule has 1 heterocycles. The van der Waals surface area contributed by atoms with Crippen LogP contribution in [0.1, 0.15) is 0 Å². The highest BCUT2D eigenvalue weighted by Gasteiger charge is 2.54. The van der Waals surface area contributed by atoms with E-state index in [9.17, 15) is 12.8 Å². The molecule has 0 radical (unpaired) electrons. The van der Waals surface area contributed by atoms with Crippen molar-refractivity contribution in [3.05, 3.63) is 30.1 Å². The Morgan fingerprint density at radius 2 is 1.94 bits per heavy atom. The first-order valence-corrected chi connectivity index (χ1v) is 7.05. The molecule has 1 aromatic rings. The average molecular weight is 293 g/mol. The highest BCUT2D eigenvalue weighted by Crippen LogP contribution is 2.42. The molecule has 100 valence electrons. The summed E-state index contributed by atoms with van der Waals surface area (Å²) in [4.78, 5) is -0.00423. The number of rotatable bonds is 3. The van der Waals surface area contributed by atoms with Gasteiger partial charge in [-0.05, 0) is 43.1 Å². The second kappa shape index (κ2) is 4.77. The molecule has 2 unspecified atom stereocenters. The molecule has 0 amide bonds. The molecular formula is C11H14ClFN2O2S. The fourth-order valence-corrected chi connectivity index (χ4v) is 3.84. The molecule has 1 saturated carbocycles. The fourth-order valence-electron chi connectivity index (χ4n) is 2.47. The van der Waals surface area contributed by atoms with E-state index in [1.165, 1.54) is 18.2 Å². The van der Waals surface area contributed by atoms with E-state index < -0.39 is 15.8 Å². The predicted octanol–water partition coefficient (Wildman–Crippen LogP) is 0.744. The third-order valence-corrected chi connectivity index (χ3v) is 4.95. The van der Waals surface area contributed by atoms with E-state index in [1.807, 2.05) is 0 Å². The summed E-state index contributed by atoms with van der Waals surface area (Å²) in [6.45, 7) is 1.72. The minimum absolute atomic E-state index is 0. The first kappa shape index (κ1) is 13.7. The fraction of sp³-hybridized carbons (Fsp3) is 0.455. The van der Waals surface area contributed by atoms with Crippen LogP contribution in [0.15, 0.2) is 29.2 Å². The zero-order chi connectivity index (χ0) is 12.0. The third kappa shape index (κ3) is 2.38. The largest absolute Gasteiger partial charge is 0.316 e. The van der Waals surface area contributed by atoms with Crippen LogP contribution < -0.4 is 10.0 Å². The molecule has 0 aromatic heterocycles. The van der Waals surface area contributed by atoms with Crippen molar-refractivity contribution >= 4 is 22.4 Å². The van der Waals surface area contributed by atoms with Crippen LogP contribution in [0.2, 0.25) is 0 Å². The zero-order valence-corrected chi connectivity index (χ0v) is 11.1. The smallest absolute Gasteiger partial charge is 0.240 e. The summed E-state index contributed by atoms with van der Waals surface area (Å²) in [6.07, 6.45) is 0. The van der Waals surface area contributed by atoms with Crippen molar-refractivity contribution in [2.75, 3.05) is 13.1 Å². The number of fused-ring (bicyclic) bond motifs is 1. The Hall–Kier alpha value is -0.690. The van der Waals surface area contributed by atoms with Crippen LogP contribution >= 0.6 is 12.4 Å². The van der Waals surface area contributed by atoms with Gasteiger partial charge in [-0.3, -0.25) is 0 Å². The van der Waals surface area contributed by atoms with Crippen molar-refractivity contribution in [3.63, 3.8) is 0 Å². The number of sulfonamides is 1. The molecule has 0 spiro atoms. The Morgan fingerprint density at radius 3 is 2.56 bits per heavy atom. The van der Waals surface area contributed by atoms with Gasteiger partial charge in [0, 0.05) is 6.04 Å². The van der Waals surface area contributed by atoms with Gasteiger partial charge in [0.15, 0.2) is 0 Å². The summed E-state index contributed by atoms with van der Waals surface area (Å²) in [5.41, 5.74) is 0. The van der Waals surface area contributed by atoms with Gasteiger partial charge in [0.1, 0.15) is 5.82 Å². The lowest BCUT2D eigenvalue weighted by atomic mass is 10.4. The first-order valence-electron chi connectivity index (χ1n) is 5.56. The van der Waals surface area contributed by atoms with E-state index in [-0.39, 0.29) is 23.3 Å². The molecule has 2 atom stereocenters. The van der Waals surface area contributed by atoms with Gasteiger partial charge in [-0.2, -0.15) is 0 Å². The van der Waals surface area contributed by atoms with Gasteiger partial charge in [-0.15, -0.1) is 12.4 Å². The van der Waals surface area contributed by atoms with Crippen LogP contribution in [0.3, 0.4) is 0 Å². The molecular weight excluding hydrogens is 279 g/mol. The Morgan fingerprint density at radius 1 is 1.28 bits per heavy atom. The van der Waals surface area contributed by atoms with Crippen molar-refractivity contribution in [3.8, 4) is 0 Å². The van der Waals surface area contributed by atoms with E-state index in [4.69, 9.17) is 0 Å². The van der Waals surface area contributed by atoms with E-state index in [2.05, 4.69) is 10.0 Å². The van der Waals surface area contributed by atoms with Crippen molar-refractivity contribution < 1.29 is 12.8 Å². The minimum Gasteiger partial charge on any atom is -0.316 e. The van der Waals surface area contributed by atoms with Crippen LogP contribution in [-0.2, 0) is 10.0 Å². The molecule has 4 nitrogen and oxygen atoms in total. The lowest BCUT2D eigenvalue weighted by Gasteiger charge is -2.08. The lowest BCUT2D eigenvalue weighted by Crippen LogP contribution is -2.32. The number of hydrogen-bond acceptors (Lipinski definition) is 3. The van der Waals surface area contributed by atoms with Crippen LogP contribution in [0.4, 0.5) is 4.39 Å². The van der Waals surface area contributed by atoms with Crippen molar-refractivity contribution in [2.24, 2.45) is 11.8 Å². The molecule has 2 fully saturated rings. The monoisotopic (exact) mass is 292 g/mol. The highest BCUT2D eigenvalue weighted by molar-refractivity contribution is 7.89. The molecule has 2 N–H and O–H groups in total. The first-order chi connectivity index (χ1) is 8.08. The van der Waals surface area contributed by atoms with Gasteiger partial charge in [0.2, 0.25) is 10.0 Å². The van der Waals surface area contributed by atoms with Crippen LogP contribution in [0.25, 0.3) is 0 Å². The Labute approximate surface area is 111 Å². The third-order valence-electron chi connectivity index (χ3n) is 3.49. The predicted molar refractivity (Wildman–Crippen MR) is 67.6 cm³/mol. The number of piperidine rings is 1. The molecule has 7 heteroatoms. The van der Waals surface area contributed by atoms with Gasteiger partial charge in [-0.25, -0.2) is 17.5 Å². The summed E-state index contributed by atoms with van der Waals surface area (Å²) in [5.74, 6) is 0.266. The number of nitrogens with one attached hydrogen (secondary N) is 2. The van der Waals surface area contributed by atoms with E-state index in [0.29, 0.717) is 11.8 Å². The Balaban J connectivity index is 0.00000120. The Bertz CT molecular complexity index is 542. The summed E-state index contributed by atoms with van der Waals surface area (Å²) >= 11 is 0. The molecule has 1 saturated heterocycles. The molecule has 1 aromatic carbocycles. The lowest BCUT2D eigenvalue weighted by molar-refractivity contribution is 0.562. The summed E-state index contributed by atoms with van der Waals surface area (Å²) in [6, 6.07) is 5.10. The van der Waals surface area contributed by atoms with Crippen LogP contribution in [0, 0.1) is 17.7 Å². The van der Waals surface area contributed by atoms with E-state index >= 15 is 0 Å². The second-order valence-electron chi connectivity index (χ2n) is 4.59. The number of benzene rings is 1. The quantitative estimate of drug-likeness (QED) is 0.864. The van der Waals surface area contributed by atoms with Crippen molar-refractivity contribution in [2.45, 2.75) is 10.9 Å². The van der Waals surface area contributed by atoms with Gasteiger partial charge in [0.05, 0.1) is 4.90 Å². The number of halogens is 2. The molecule has 18 heavy (non-hydrogen) atoms. The van der Waals surface area contributed by atoms with E-state index in [1.54, 1.807) is 0 Å². The van der Waals surface area contributed by atoms with Gasteiger partial charge in [-0.1, -0.05) is 6.07 Å². The normalized spacial score (nSPS) is 29.5.